The minimum absolute atomic E-state index is 0.611. The molecule has 0 amide bonds. The van der Waals surface area contributed by atoms with E-state index in [1.807, 2.05) is 12.1 Å². The Morgan fingerprint density at radius 1 is 1.13 bits per heavy atom. The summed E-state index contributed by atoms with van der Waals surface area (Å²) < 4.78 is 1.66. The Balaban J connectivity index is 2.58. The number of halogens is 2. The number of aryl methyl sites for hydroxylation is 1. The fourth-order valence-corrected chi connectivity index (χ4v) is 2.03. The van der Waals surface area contributed by atoms with E-state index >= 15 is 0 Å². The number of rotatable bonds is 1. The van der Waals surface area contributed by atoms with E-state index in [0.29, 0.717) is 4.73 Å². The molecular weight excluding hydrogens is 320 g/mol. The second kappa shape index (κ2) is 4.41. The van der Waals surface area contributed by atoms with E-state index in [1.54, 1.807) is 6.20 Å². The van der Waals surface area contributed by atoms with Crippen molar-refractivity contribution >= 4 is 31.9 Å². The molecule has 1 aromatic heterocycles. The molecule has 0 saturated heterocycles. The van der Waals surface area contributed by atoms with Crippen molar-refractivity contribution in [2.24, 2.45) is 0 Å². The molecule has 0 aliphatic carbocycles. The van der Waals surface area contributed by atoms with Crippen molar-refractivity contribution < 1.29 is 0 Å². The minimum Gasteiger partial charge on any atom is -0.231 e. The topological polar surface area (TPSA) is 25.8 Å². The third-order valence-corrected chi connectivity index (χ3v) is 2.98. The second-order valence-corrected chi connectivity index (χ2v) is 4.80. The van der Waals surface area contributed by atoms with E-state index in [4.69, 9.17) is 0 Å². The number of nitrogens with zero attached hydrogens (tertiary/aromatic N) is 2. The van der Waals surface area contributed by atoms with Crippen LogP contribution in [0.3, 0.4) is 0 Å². The second-order valence-electron chi connectivity index (χ2n) is 3.17. The molecule has 1 heterocycles. The van der Waals surface area contributed by atoms with Crippen molar-refractivity contribution in [1.29, 1.82) is 0 Å². The highest BCUT2D eigenvalue weighted by Crippen LogP contribution is 2.25. The van der Waals surface area contributed by atoms with E-state index in [0.717, 1.165) is 15.7 Å². The lowest BCUT2D eigenvalue weighted by Crippen LogP contribution is -1.89. The van der Waals surface area contributed by atoms with E-state index in [1.165, 1.54) is 5.56 Å². The van der Waals surface area contributed by atoms with Crippen LogP contribution in [0.1, 0.15) is 5.56 Å². The van der Waals surface area contributed by atoms with E-state index in [-0.39, 0.29) is 0 Å². The van der Waals surface area contributed by atoms with Gasteiger partial charge in [0, 0.05) is 16.2 Å². The Morgan fingerprint density at radius 3 is 2.67 bits per heavy atom. The summed E-state index contributed by atoms with van der Waals surface area (Å²) in [4.78, 5) is 8.34. The van der Waals surface area contributed by atoms with Crippen molar-refractivity contribution in [2.45, 2.75) is 6.92 Å². The van der Waals surface area contributed by atoms with Crippen LogP contribution in [0.15, 0.2) is 39.7 Å². The van der Waals surface area contributed by atoms with Gasteiger partial charge in [0.05, 0.1) is 5.69 Å². The van der Waals surface area contributed by atoms with Crippen LogP contribution in [-0.4, -0.2) is 9.97 Å². The normalized spacial score (nSPS) is 10.3. The molecule has 2 rings (SSSR count). The molecule has 2 nitrogen and oxygen atoms in total. The highest BCUT2D eigenvalue weighted by atomic mass is 79.9. The first-order chi connectivity index (χ1) is 7.16. The lowest BCUT2D eigenvalue weighted by Gasteiger charge is -2.05. The number of benzene rings is 1. The zero-order chi connectivity index (χ0) is 10.8. The number of hydrogen-bond donors (Lipinski definition) is 0. The van der Waals surface area contributed by atoms with Crippen molar-refractivity contribution in [3.63, 3.8) is 0 Å². The van der Waals surface area contributed by atoms with Gasteiger partial charge in [0.15, 0.2) is 4.73 Å². The minimum atomic E-state index is 0.611. The number of aromatic nitrogens is 2. The van der Waals surface area contributed by atoms with Gasteiger partial charge in [-0.3, -0.25) is 0 Å². The molecule has 0 spiro atoms. The van der Waals surface area contributed by atoms with Crippen molar-refractivity contribution in [3.05, 3.63) is 45.2 Å². The van der Waals surface area contributed by atoms with Crippen molar-refractivity contribution in [1.82, 2.24) is 9.97 Å². The number of hydrogen-bond acceptors (Lipinski definition) is 2. The van der Waals surface area contributed by atoms with Crippen LogP contribution >= 0.6 is 31.9 Å². The maximum absolute atomic E-state index is 4.33. The van der Waals surface area contributed by atoms with Gasteiger partial charge in [0.2, 0.25) is 0 Å². The molecule has 76 valence electrons. The fraction of sp³-hybridized carbons (Fsp3) is 0.0909. The molecule has 0 radical (unpaired) electrons. The molecule has 0 aliphatic heterocycles. The van der Waals surface area contributed by atoms with Gasteiger partial charge in [-0.15, -0.1) is 0 Å². The fourth-order valence-electron chi connectivity index (χ4n) is 1.36. The van der Waals surface area contributed by atoms with Crippen LogP contribution in [0.4, 0.5) is 0 Å². The zero-order valence-corrected chi connectivity index (χ0v) is 11.2. The molecule has 1 aromatic carbocycles. The first-order valence-corrected chi connectivity index (χ1v) is 6.00. The summed E-state index contributed by atoms with van der Waals surface area (Å²) in [6.45, 7) is 2.07. The molecule has 0 bridgehead atoms. The lowest BCUT2D eigenvalue weighted by molar-refractivity contribution is 1.11. The molecule has 15 heavy (non-hydrogen) atoms. The molecule has 4 heteroatoms. The predicted molar refractivity (Wildman–Crippen MR) is 67.6 cm³/mol. The van der Waals surface area contributed by atoms with Crippen LogP contribution in [0, 0.1) is 6.92 Å². The largest absolute Gasteiger partial charge is 0.231 e. The average Bonchev–Trinajstić information content (AvgIpc) is 2.22. The van der Waals surface area contributed by atoms with Gasteiger partial charge < -0.3 is 0 Å². The summed E-state index contributed by atoms with van der Waals surface area (Å²) in [7, 11) is 0. The highest BCUT2D eigenvalue weighted by molar-refractivity contribution is 9.10. The van der Waals surface area contributed by atoms with Crippen LogP contribution in [0.25, 0.3) is 11.3 Å². The molecule has 0 unspecified atom stereocenters. The third-order valence-electron chi connectivity index (χ3n) is 2.10. The maximum atomic E-state index is 4.33. The van der Waals surface area contributed by atoms with Gasteiger partial charge in [0.1, 0.15) is 0 Å². The molecule has 2 aromatic rings. The SMILES string of the molecule is Cc1ccc(Br)cc1-c1ccnc(Br)n1. The Labute approximate surface area is 105 Å². The first kappa shape index (κ1) is 10.8. The lowest BCUT2D eigenvalue weighted by atomic mass is 10.1. The van der Waals surface area contributed by atoms with Crippen LogP contribution in [0.5, 0.6) is 0 Å². The van der Waals surface area contributed by atoms with Gasteiger partial charge in [-0.25, -0.2) is 9.97 Å². The van der Waals surface area contributed by atoms with Gasteiger partial charge in [0.25, 0.3) is 0 Å². The molecule has 0 aliphatic rings. The van der Waals surface area contributed by atoms with Crippen LogP contribution in [-0.2, 0) is 0 Å². The summed E-state index contributed by atoms with van der Waals surface area (Å²) in [6, 6.07) is 8.05. The Bertz CT molecular complexity index is 498. The monoisotopic (exact) mass is 326 g/mol. The quantitative estimate of drug-likeness (QED) is 0.740. The molecule has 0 saturated carbocycles. The smallest absolute Gasteiger partial charge is 0.197 e. The van der Waals surface area contributed by atoms with Gasteiger partial charge in [-0.1, -0.05) is 22.0 Å². The molecule has 0 fully saturated rings. The zero-order valence-electron chi connectivity index (χ0n) is 8.04. The standard InChI is InChI=1S/C11H8Br2N2/c1-7-2-3-8(12)6-9(7)10-4-5-14-11(13)15-10/h2-6H,1H3. The summed E-state index contributed by atoms with van der Waals surface area (Å²) >= 11 is 6.73. The first-order valence-electron chi connectivity index (χ1n) is 4.42. The van der Waals surface area contributed by atoms with Gasteiger partial charge in [-0.05, 0) is 46.6 Å². The molecule has 0 N–H and O–H groups in total. The van der Waals surface area contributed by atoms with Crippen LogP contribution in [0.2, 0.25) is 0 Å². The van der Waals surface area contributed by atoms with Crippen LogP contribution < -0.4 is 0 Å². The highest BCUT2D eigenvalue weighted by Gasteiger charge is 2.04. The third kappa shape index (κ3) is 2.44. The summed E-state index contributed by atoms with van der Waals surface area (Å²) in [5, 5.41) is 0. The maximum Gasteiger partial charge on any atom is 0.197 e. The molecular formula is C11H8Br2N2. The summed E-state index contributed by atoms with van der Waals surface area (Å²) in [6.07, 6.45) is 1.74. The van der Waals surface area contributed by atoms with E-state index in [2.05, 4.69) is 60.9 Å². The van der Waals surface area contributed by atoms with Crippen molar-refractivity contribution in [2.75, 3.05) is 0 Å². The van der Waals surface area contributed by atoms with Gasteiger partial charge in [-0.2, -0.15) is 0 Å². The van der Waals surface area contributed by atoms with Crippen molar-refractivity contribution in [3.8, 4) is 11.3 Å². The Kier molecular flexibility index (Phi) is 3.17. The Hall–Kier alpha value is -0.740. The Morgan fingerprint density at radius 2 is 1.93 bits per heavy atom. The van der Waals surface area contributed by atoms with E-state index < -0.39 is 0 Å². The summed E-state index contributed by atoms with van der Waals surface area (Å²) in [5.74, 6) is 0. The van der Waals surface area contributed by atoms with Gasteiger partial charge >= 0.3 is 0 Å². The average molecular weight is 328 g/mol. The molecule has 0 atom stereocenters. The summed E-state index contributed by atoms with van der Waals surface area (Å²) in [5.41, 5.74) is 3.24. The predicted octanol–water partition coefficient (Wildman–Crippen LogP) is 3.98. The van der Waals surface area contributed by atoms with E-state index in [9.17, 15) is 0 Å².